The number of nitrogens with zero attached hydrogens (tertiary/aromatic N) is 4. The summed E-state index contributed by atoms with van der Waals surface area (Å²) in [5.74, 6) is -0.731. The molecule has 2 heterocycles. The fourth-order valence-electron chi connectivity index (χ4n) is 3.26. The molecule has 2 aromatic carbocycles. The van der Waals surface area contributed by atoms with Crippen molar-refractivity contribution in [3.63, 3.8) is 0 Å². The van der Waals surface area contributed by atoms with E-state index in [2.05, 4.69) is 10.4 Å². The van der Waals surface area contributed by atoms with Crippen LogP contribution < -0.4 is 11.1 Å². The highest BCUT2D eigenvalue weighted by molar-refractivity contribution is 6.03. The maximum Gasteiger partial charge on any atom is 0.419 e. The molecule has 0 aliphatic carbocycles. The second kappa shape index (κ2) is 8.00. The van der Waals surface area contributed by atoms with E-state index in [4.69, 9.17) is 4.42 Å². The van der Waals surface area contributed by atoms with Crippen LogP contribution in [0.4, 0.5) is 5.69 Å². The van der Waals surface area contributed by atoms with Gasteiger partial charge in [-0.1, -0.05) is 18.2 Å². The molecule has 0 bridgehead atoms. The molecule has 0 unspecified atom stereocenters. The zero-order chi connectivity index (χ0) is 21.3. The van der Waals surface area contributed by atoms with E-state index in [0.29, 0.717) is 35.6 Å². The normalized spacial score (nSPS) is 11.3. The Morgan fingerprint density at radius 3 is 2.63 bits per heavy atom. The number of rotatable bonds is 6. The topological polar surface area (TPSA) is 85.3 Å². The number of carbonyl (C=O) groups is 1. The molecule has 8 nitrogen and oxygen atoms in total. The van der Waals surface area contributed by atoms with E-state index in [-0.39, 0.29) is 5.91 Å². The molecule has 154 valence electrons. The average Bonchev–Trinajstić information content (AvgIpc) is 3.26. The second-order valence-electron chi connectivity index (χ2n) is 7.38. The summed E-state index contributed by atoms with van der Waals surface area (Å²) in [7, 11) is 3.88. The Hall–Kier alpha value is -3.65. The summed E-state index contributed by atoms with van der Waals surface area (Å²) in [4.78, 5) is 26.9. The van der Waals surface area contributed by atoms with Gasteiger partial charge in [0.1, 0.15) is 0 Å². The van der Waals surface area contributed by atoms with Crippen LogP contribution in [0.2, 0.25) is 0 Å². The van der Waals surface area contributed by atoms with Crippen LogP contribution in [-0.4, -0.2) is 45.8 Å². The smallest absolute Gasteiger partial charge is 0.408 e. The predicted molar refractivity (Wildman–Crippen MR) is 115 cm³/mol. The Morgan fingerprint density at radius 1 is 1.13 bits per heavy atom. The Morgan fingerprint density at radius 2 is 1.90 bits per heavy atom. The third kappa shape index (κ3) is 3.90. The molecule has 2 aromatic heterocycles. The Balaban J connectivity index is 1.59. The molecule has 0 aliphatic heterocycles. The highest BCUT2D eigenvalue weighted by atomic mass is 16.4. The van der Waals surface area contributed by atoms with Crippen molar-refractivity contribution in [3.05, 3.63) is 76.5 Å². The van der Waals surface area contributed by atoms with Crippen molar-refractivity contribution in [2.75, 3.05) is 26.0 Å². The van der Waals surface area contributed by atoms with Gasteiger partial charge in [0.15, 0.2) is 11.3 Å². The van der Waals surface area contributed by atoms with Crippen molar-refractivity contribution in [2.24, 2.45) is 0 Å². The Bertz CT molecular complexity index is 1250. The van der Waals surface area contributed by atoms with E-state index >= 15 is 0 Å². The largest absolute Gasteiger partial charge is 0.419 e. The summed E-state index contributed by atoms with van der Waals surface area (Å²) in [6.45, 7) is 3.09. The van der Waals surface area contributed by atoms with E-state index in [0.717, 1.165) is 11.4 Å². The van der Waals surface area contributed by atoms with Crippen molar-refractivity contribution in [1.82, 2.24) is 19.2 Å². The molecular weight excluding hydrogens is 382 g/mol. The van der Waals surface area contributed by atoms with Crippen LogP contribution in [0.25, 0.3) is 16.8 Å². The predicted octanol–water partition coefficient (Wildman–Crippen LogP) is 2.90. The molecule has 0 aliphatic rings. The number of benzene rings is 2. The molecule has 4 rings (SSSR count). The lowest BCUT2D eigenvalue weighted by molar-refractivity contribution is 0.102. The minimum absolute atomic E-state index is 0.314. The summed E-state index contributed by atoms with van der Waals surface area (Å²) in [6, 6.07) is 16.5. The number of hydrogen-bond acceptors (Lipinski definition) is 5. The molecule has 0 spiro atoms. The fourth-order valence-corrected chi connectivity index (χ4v) is 3.26. The average molecular weight is 405 g/mol. The minimum Gasteiger partial charge on any atom is -0.408 e. The summed E-state index contributed by atoms with van der Waals surface area (Å²) in [5.41, 5.74) is 3.76. The van der Waals surface area contributed by atoms with Crippen LogP contribution >= 0.6 is 0 Å². The number of aryl methyl sites for hydroxylation is 1. The maximum absolute atomic E-state index is 12.8. The number of amides is 1. The number of carbonyl (C=O) groups excluding carboxylic acids is 1. The molecule has 0 saturated heterocycles. The third-order valence-electron chi connectivity index (χ3n) is 4.82. The highest BCUT2D eigenvalue weighted by Crippen LogP contribution is 2.20. The lowest BCUT2D eigenvalue weighted by Crippen LogP contribution is -2.23. The Labute approximate surface area is 173 Å². The molecule has 0 atom stereocenters. The number of para-hydroxylation sites is 1. The number of aromatic nitrogens is 3. The first-order chi connectivity index (χ1) is 14.4. The molecule has 8 heteroatoms. The van der Waals surface area contributed by atoms with Gasteiger partial charge in [0.2, 0.25) is 0 Å². The summed E-state index contributed by atoms with van der Waals surface area (Å²) in [5, 5.41) is 7.30. The summed E-state index contributed by atoms with van der Waals surface area (Å²) < 4.78 is 8.60. The lowest BCUT2D eigenvalue weighted by Gasteiger charge is -2.09. The van der Waals surface area contributed by atoms with Gasteiger partial charge in [-0.15, -0.1) is 0 Å². The number of fused-ring (bicyclic) bond motifs is 1. The SMILES string of the molecule is Cc1cc(C(=O)Nc2ccc3oc(=O)n(CCN(C)C)c3c2)nn1-c1ccccc1. The monoisotopic (exact) mass is 405 g/mol. The van der Waals surface area contributed by atoms with Crippen molar-refractivity contribution in [2.45, 2.75) is 13.5 Å². The molecule has 0 radical (unpaired) electrons. The Kier molecular flexibility index (Phi) is 5.24. The van der Waals surface area contributed by atoms with E-state index < -0.39 is 5.76 Å². The van der Waals surface area contributed by atoms with Crippen molar-refractivity contribution in [1.29, 1.82) is 0 Å². The first-order valence-corrected chi connectivity index (χ1v) is 9.64. The molecular formula is C22H23N5O3. The molecule has 1 N–H and O–H groups in total. The van der Waals surface area contributed by atoms with E-state index in [9.17, 15) is 9.59 Å². The minimum atomic E-state index is -0.410. The molecule has 0 saturated carbocycles. The van der Waals surface area contributed by atoms with Gasteiger partial charge in [0.05, 0.1) is 11.2 Å². The van der Waals surface area contributed by atoms with Gasteiger partial charge >= 0.3 is 5.76 Å². The standard InChI is InChI=1S/C22H23N5O3/c1-15-13-18(24-27(15)17-7-5-4-6-8-17)21(28)23-16-9-10-20-19(14-16)26(22(29)30-20)12-11-25(2)3/h4-10,13-14H,11-12H2,1-3H3,(H,23,28). The zero-order valence-electron chi connectivity index (χ0n) is 17.1. The molecule has 4 aromatic rings. The van der Waals surface area contributed by atoms with E-state index in [1.54, 1.807) is 33.5 Å². The third-order valence-corrected chi connectivity index (χ3v) is 4.82. The van der Waals surface area contributed by atoms with Crippen molar-refractivity contribution in [3.8, 4) is 5.69 Å². The number of nitrogens with one attached hydrogen (secondary N) is 1. The van der Waals surface area contributed by atoms with Gasteiger partial charge in [0.25, 0.3) is 5.91 Å². The van der Waals surface area contributed by atoms with Gasteiger partial charge in [-0.05, 0) is 57.4 Å². The van der Waals surface area contributed by atoms with Crippen molar-refractivity contribution < 1.29 is 9.21 Å². The highest BCUT2D eigenvalue weighted by Gasteiger charge is 2.15. The van der Waals surface area contributed by atoms with Crippen LogP contribution in [0.15, 0.2) is 63.8 Å². The van der Waals surface area contributed by atoms with E-state index in [1.807, 2.05) is 56.3 Å². The van der Waals surface area contributed by atoms with Gasteiger partial charge in [-0.3, -0.25) is 9.36 Å². The van der Waals surface area contributed by atoms with Crippen LogP contribution in [-0.2, 0) is 6.54 Å². The van der Waals surface area contributed by atoms with Crippen LogP contribution in [0.1, 0.15) is 16.2 Å². The fraction of sp³-hybridized carbons (Fsp3) is 0.227. The number of likely N-dealkylation sites (N-methyl/N-ethyl adjacent to an activating group) is 1. The zero-order valence-corrected chi connectivity index (χ0v) is 17.1. The lowest BCUT2D eigenvalue weighted by atomic mass is 10.2. The van der Waals surface area contributed by atoms with Gasteiger partial charge < -0.3 is 14.6 Å². The molecule has 0 fully saturated rings. The van der Waals surface area contributed by atoms with Gasteiger partial charge in [-0.25, -0.2) is 9.48 Å². The second-order valence-corrected chi connectivity index (χ2v) is 7.38. The van der Waals surface area contributed by atoms with Crippen LogP contribution in [0.3, 0.4) is 0 Å². The number of anilines is 1. The van der Waals surface area contributed by atoms with Crippen LogP contribution in [0, 0.1) is 6.92 Å². The first-order valence-electron chi connectivity index (χ1n) is 9.64. The van der Waals surface area contributed by atoms with Crippen molar-refractivity contribution >= 4 is 22.7 Å². The maximum atomic E-state index is 12.8. The van der Waals surface area contributed by atoms with Gasteiger partial charge in [-0.2, -0.15) is 5.10 Å². The molecule has 30 heavy (non-hydrogen) atoms. The quantitative estimate of drug-likeness (QED) is 0.533. The summed E-state index contributed by atoms with van der Waals surface area (Å²) in [6.07, 6.45) is 0. The number of oxazole rings is 1. The van der Waals surface area contributed by atoms with Gasteiger partial charge in [0, 0.05) is 24.5 Å². The van der Waals surface area contributed by atoms with Crippen LogP contribution in [0.5, 0.6) is 0 Å². The van der Waals surface area contributed by atoms with E-state index in [1.165, 1.54) is 0 Å². The number of hydrogen-bond donors (Lipinski definition) is 1. The first kappa shape index (κ1) is 19.7. The molecule has 1 amide bonds. The summed E-state index contributed by atoms with van der Waals surface area (Å²) >= 11 is 0.